The number of hydrogen-bond acceptors (Lipinski definition) is 6. The summed E-state index contributed by atoms with van der Waals surface area (Å²) in [5, 5.41) is 13.3. The quantitative estimate of drug-likeness (QED) is 0.424. The van der Waals surface area contributed by atoms with Gasteiger partial charge in [-0.25, -0.2) is 23.8 Å². The molecule has 11 nitrogen and oxygen atoms in total. The molecule has 0 saturated carbocycles. The number of hydrogen-bond donors (Lipinski definition) is 1. The van der Waals surface area contributed by atoms with Crippen LogP contribution in [-0.2, 0) is 13.5 Å². The molecule has 2 N–H and O–H groups in total. The molecule has 0 unspecified atom stereocenters. The van der Waals surface area contributed by atoms with Gasteiger partial charge < -0.3 is 5.73 Å². The van der Waals surface area contributed by atoms with E-state index in [-0.39, 0.29) is 11.9 Å². The minimum Gasteiger partial charge on any atom is -0.366 e. The highest BCUT2D eigenvalue weighted by molar-refractivity contribution is 6.07. The lowest BCUT2D eigenvalue weighted by atomic mass is 9.98. The van der Waals surface area contributed by atoms with Crippen LogP contribution in [0, 0.1) is 11.3 Å². The van der Waals surface area contributed by atoms with Crippen LogP contribution in [0.4, 0.5) is 16.3 Å². The second kappa shape index (κ2) is 9.67. The molecule has 2 aromatic carbocycles. The number of nitriles is 1. The van der Waals surface area contributed by atoms with Crippen LogP contribution in [0.1, 0.15) is 28.7 Å². The first-order valence-electron chi connectivity index (χ1n) is 12.0. The van der Waals surface area contributed by atoms with Gasteiger partial charge in [0, 0.05) is 43.1 Å². The van der Waals surface area contributed by atoms with E-state index < -0.39 is 11.6 Å². The highest BCUT2D eigenvalue weighted by Gasteiger charge is 2.33. The number of benzene rings is 2. The molecule has 1 aliphatic heterocycles. The van der Waals surface area contributed by atoms with Gasteiger partial charge in [-0.1, -0.05) is 25.1 Å². The number of pyridine rings is 1. The molecule has 0 spiro atoms. The van der Waals surface area contributed by atoms with E-state index in [1.54, 1.807) is 52.4 Å². The first-order valence-corrected chi connectivity index (χ1v) is 12.0. The van der Waals surface area contributed by atoms with Crippen molar-refractivity contribution in [2.45, 2.75) is 13.3 Å². The molecule has 0 atom stereocenters. The van der Waals surface area contributed by atoms with E-state index >= 15 is 0 Å². The average molecular weight is 509 g/mol. The normalized spacial score (nSPS) is 13.1. The highest BCUT2D eigenvalue weighted by Crippen LogP contribution is 2.33. The Hall–Kier alpha value is -5.24. The summed E-state index contributed by atoms with van der Waals surface area (Å²) < 4.78 is 2.38. The molecule has 0 bridgehead atoms. The number of nitrogens with zero attached hydrogens (tertiary/aromatic N) is 7. The van der Waals surface area contributed by atoms with Crippen LogP contribution in [0.15, 0.2) is 65.6 Å². The van der Waals surface area contributed by atoms with Gasteiger partial charge in [0.25, 0.3) is 0 Å². The molecule has 3 amide bonds. The monoisotopic (exact) mass is 508 g/mol. The summed E-state index contributed by atoms with van der Waals surface area (Å²) >= 11 is 0. The zero-order valence-electron chi connectivity index (χ0n) is 20.8. The minimum atomic E-state index is -0.554. The van der Waals surface area contributed by atoms with Crippen molar-refractivity contribution < 1.29 is 9.59 Å². The molecule has 4 aromatic rings. The summed E-state index contributed by atoms with van der Waals surface area (Å²) in [7, 11) is 1.50. The van der Waals surface area contributed by atoms with Crippen molar-refractivity contribution in [3.8, 4) is 22.9 Å². The molecule has 1 aliphatic rings. The van der Waals surface area contributed by atoms with Gasteiger partial charge in [-0.3, -0.25) is 14.6 Å². The van der Waals surface area contributed by atoms with E-state index in [9.17, 15) is 19.6 Å². The van der Waals surface area contributed by atoms with Crippen molar-refractivity contribution in [3.05, 3.63) is 88.2 Å². The number of primary amides is 1. The van der Waals surface area contributed by atoms with Crippen molar-refractivity contribution in [2.75, 3.05) is 22.9 Å². The number of aryl methyl sites for hydroxylation is 1. The van der Waals surface area contributed by atoms with Gasteiger partial charge in [0.2, 0.25) is 11.7 Å². The Bertz CT molecular complexity index is 1660. The summed E-state index contributed by atoms with van der Waals surface area (Å²) in [6, 6.07) is 17.5. The number of amides is 3. The Labute approximate surface area is 218 Å². The highest BCUT2D eigenvalue weighted by atomic mass is 16.2. The predicted molar refractivity (Wildman–Crippen MR) is 141 cm³/mol. The number of urea groups is 1. The lowest BCUT2D eigenvalue weighted by Crippen LogP contribution is -2.33. The maximum Gasteiger partial charge on any atom is 0.351 e. The average Bonchev–Trinajstić information content (AvgIpc) is 3.46. The Kier molecular flexibility index (Phi) is 6.22. The second-order valence-corrected chi connectivity index (χ2v) is 8.74. The van der Waals surface area contributed by atoms with Gasteiger partial charge in [-0.05, 0) is 53.9 Å². The largest absolute Gasteiger partial charge is 0.366 e. The fourth-order valence-corrected chi connectivity index (χ4v) is 4.69. The fraction of sp³-hybridized carbons (Fsp3) is 0.185. The van der Waals surface area contributed by atoms with Gasteiger partial charge in [-0.2, -0.15) is 5.26 Å². The fourth-order valence-electron chi connectivity index (χ4n) is 4.69. The van der Waals surface area contributed by atoms with E-state index in [0.717, 1.165) is 21.4 Å². The van der Waals surface area contributed by atoms with Crippen molar-refractivity contribution >= 4 is 23.4 Å². The van der Waals surface area contributed by atoms with Gasteiger partial charge in [0.1, 0.15) is 11.9 Å². The number of carbonyl (C=O) groups is 2. The summed E-state index contributed by atoms with van der Waals surface area (Å²) in [5.74, 6) is 0.0216. The SMILES string of the molecule is CCc1c(-c2ccc(-n3c(C#N)nn(C)c3=O)cc2)ccnc1N1CCN(c2cccc(C(N)=O)c2)C1=O. The molecular formula is C27H24N8O3. The Morgan fingerprint density at radius 1 is 1.05 bits per heavy atom. The summed E-state index contributed by atoms with van der Waals surface area (Å²) in [5.41, 5.74) is 9.15. The van der Waals surface area contributed by atoms with Gasteiger partial charge in [-0.15, -0.1) is 5.10 Å². The lowest BCUT2D eigenvalue weighted by molar-refractivity contribution is 0.1000. The standard InChI is InChI=1S/C27H24N8O3/c1-3-21-22(17-7-9-19(10-8-17)35-23(16-28)31-32(2)26(35)37)11-12-30-25(21)34-14-13-33(27(34)38)20-6-4-5-18(15-20)24(29)36/h4-12,15H,3,13-14H2,1-2H3,(H2,29,36). The van der Waals surface area contributed by atoms with E-state index in [0.29, 0.717) is 42.3 Å². The number of aromatic nitrogens is 4. The predicted octanol–water partition coefficient (Wildman–Crippen LogP) is 2.61. The lowest BCUT2D eigenvalue weighted by Gasteiger charge is -2.22. The number of rotatable bonds is 6. The van der Waals surface area contributed by atoms with E-state index in [1.807, 2.05) is 31.2 Å². The Balaban J connectivity index is 1.48. The van der Waals surface area contributed by atoms with E-state index in [1.165, 1.54) is 11.6 Å². The number of anilines is 2. The van der Waals surface area contributed by atoms with E-state index in [4.69, 9.17) is 5.73 Å². The van der Waals surface area contributed by atoms with E-state index in [2.05, 4.69) is 10.1 Å². The molecular weight excluding hydrogens is 484 g/mol. The Morgan fingerprint density at radius 2 is 1.79 bits per heavy atom. The Morgan fingerprint density at radius 3 is 2.47 bits per heavy atom. The van der Waals surface area contributed by atoms with Crippen LogP contribution in [0.3, 0.4) is 0 Å². The minimum absolute atomic E-state index is 0.00385. The van der Waals surface area contributed by atoms with Gasteiger partial charge in [0.05, 0.1) is 5.69 Å². The maximum absolute atomic E-state index is 13.4. The van der Waals surface area contributed by atoms with Crippen LogP contribution >= 0.6 is 0 Å². The van der Waals surface area contributed by atoms with Crippen LogP contribution in [0.5, 0.6) is 0 Å². The number of nitrogens with two attached hydrogens (primary N) is 1. The molecule has 190 valence electrons. The third-order valence-electron chi connectivity index (χ3n) is 6.55. The third kappa shape index (κ3) is 4.08. The summed E-state index contributed by atoms with van der Waals surface area (Å²) in [4.78, 5) is 45.3. The van der Waals surface area contributed by atoms with Crippen molar-refractivity contribution in [2.24, 2.45) is 12.8 Å². The zero-order chi connectivity index (χ0) is 27.0. The second-order valence-electron chi connectivity index (χ2n) is 8.74. The van der Waals surface area contributed by atoms with Crippen molar-refractivity contribution in [1.82, 2.24) is 19.3 Å². The molecule has 0 radical (unpaired) electrons. The van der Waals surface area contributed by atoms with Crippen LogP contribution in [0.25, 0.3) is 16.8 Å². The third-order valence-corrected chi connectivity index (χ3v) is 6.55. The van der Waals surface area contributed by atoms with Crippen LogP contribution in [-0.4, -0.2) is 44.4 Å². The molecule has 3 heterocycles. The topological polar surface area (TPSA) is 143 Å². The summed E-state index contributed by atoms with van der Waals surface area (Å²) in [6.07, 6.45) is 2.29. The van der Waals surface area contributed by atoms with Crippen LogP contribution < -0.4 is 21.2 Å². The van der Waals surface area contributed by atoms with Crippen molar-refractivity contribution in [3.63, 3.8) is 0 Å². The number of carbonyl (C=O) groups excluding carboxylic acids is 2. The maximum atomic E-state index is 13.4. The van der Waals surface area contributed by atoms with Gasteiger partial charge in [0.15, 0.2) is 0 Å². The molecule has 1 fully saturated rings. The molecule has 5 rings (SSSR count). The molecule has 2 aromatic heterocycles. The summed E-state index contributed by atoms with van der Waals surface area (Å²) in [6.45, 7) is 2.87. The van der Waals surface area contributed by atoms with Gasteiger partial charge >= 0.3 is 11.7 Å². The smallest absolute Gasteiger partial charge is 0.351 e. The molecule has 11 heteroatoms. The zero-order valence-corrected chi connectivity index (χ0v) is 20.8. The molecule has 38 heavy (non-hydrogen) atoms. The van der Waals surface area contributed by atoms with Crippen LogP contribution in [0.2, 0.25) is 0 Å². The molecule has 0 aliphatic carbocycles. The first kappa shape index (κ1) is 24.5. The van der Waals surface area contributed by atoms with Crippen molar-refractivity contribution in [1.29, 1.82) is 5.26 Å². The first-order chi connectivity index (χ1) is 18.3. The molecule has 1 saturated heterocycles.